The number of halogens is 4. The maximum atomic E-state index is 14.6. The second-order valence-corrected chi connectivity index (χ2v) is 10.5. The zero-order valence-corrected chi connectivity index (χ0v) is 21.2. The summed E-state index contributed by atoms with van der Waals surface area (Å²) in [6, 6.07) is 5.89. The van der Waals surface area contributed by atoms with E-state index in [2.05, 4.69) is 15.4 Å². The van der Waals surface area contributed by atoms with Crippen molar-refractivity contribution in [1.29, 1.82) is 0 Å². The summed E-state index contributed by atoms with van der Waals surface area (Å²) in [7, 11) is -2.73. The number of anilines is 3. The molecule has 1 heterocycles. The minimum atomic E-state index is -4.23. The largest absolute Gasteiger partial charge is 0.383 e. The van der Waals surface area contributed by atoms with Crippen molar-refractivity contribution in [3.63, 3.8) is 0 Å². The Hall–Kier alpha value is -2.10. The zero-order chi connectivity index (χ0) is 24.9. The summed E-state index contributed by atoms with van der Waals surface area (Å²) in [5.41, 5.74) is -1.02. The van der Waals surface area contributed by atoms with Crippen molar-refractivity contribution in [2.75, 3.05) is 43.4 Å². The van der Waals surface area contributed by atoms with E-state index in [1.807, 2.05) is 22.6 Å². The highest BCUT2D eigenvalue weighted by Gasteiger charge is 2.33. The molecule has 1 amide bonds. The molecular formula is C21H24F3IN4O4S. The van der Waals surface area contributed by atoms with Crippen molar-refractivity contribution in [2.45, 2.75) is 12.8 Å². The third-order valence-electron chi connectivity index (χ3n) is 5.22. The van der Waals surface area contributed by atoms with Gasteiger partial charge in [0.25, 0.3) is 0 Å². The molecule has 1 saturated heterocycles. The van der Waals surface area contributed by atoms with E-state index in [4.69, 9.17) is 4.74 Å². The molecular weight excluding hydrogens is 588 g/mol. The lowest BCUT2D eigenvalue weighted by Crippen LogP contribution is -2.47. The molecule has 34 heavy (non-hydrogen) atoms. The van der Waals surface area contributed by atoms with Crippen LogP contribution in [0, 0.1) is 26.9 Å². The van der Waals surface area contributed by atoms with E-state index in [1.165, 1.54) is 19.2 Å². The fourth-order valence-electron chi connectivity index (χ4n) is 3.48. The average Bonchev–Trinajstić information content (AvgIpc) is 2.80. The zero-order valence-electron chi connectivity index (χ0n) is 18.2. The molecule has 2 aromatic carbocycles. The molecule has 3 N–H and O–H groups in total. The van der Waals surface area contributed by atoms with Gasteiger partial charge in [-0.1, -0.05) is 0 Å². The van der Waals surface area contributed by atoms with Crippen LogP contribution in [0.25, 0.3) is 0 Å². The van der Waals surface area contributed by atoms with E-state index >= 15 is 0 Å². The van der Waals surface area contributed by atoms with E-state index < -0.39 is 39.3 Å². The number of rotatable bonds is 9. The van der Waals surface area contributed by atoms with Crippen molar-refractivity contribution in [2.24, 2.45) is 5.92 Å². The molecule has 1 atom stereocenters. The quantitative estimate of drug-likeness (QED) is 0.297. The van der Waals surface area contributed by atoms with Gasteiger partial charge in [0, 0.05) is 30.3 Å². The molecule has 0 aromatic heterocycles. The van der Waals surface area contributed by atoms with Crippen LogP contribution in [0.15, 0.2) is 30.3 Å². The van der Waals surface area contributed by atoms with Crippen molar-refractivity contribution >= 4 is 55.8 Å². The Balaban J connectivity index is 1.81. The number of carbonyl (C=O) groups excluding carboxylic acids is 1. The molecule has 0 spiro atoms. The Morgan fingerprint density at radius 3 is 2.62 bits per heavy atom. The fourth-order valence-corrected chi connectivity index (χ4v) is 5.26. The molecule has 186 valence electrons. The number of hydrogen-bond acceptors (Lipinski definition) is 5. The Morgan fingerprint density at radius 2 is 1.91 bits per heavy atom. The minimum Gasteiger partial charge on any atom is -0.383 e. The van der Waals surface area contributed by atoms with Crippen molar-refractivity contribution in [1.82, 2.24) is 9.62 Å². The molecule has 1 aliphatic rings. The highest BCUT2D eigenvalue weighted by Crippen LogP contribution is 2.33. The number of hydrogen-bond donors (Lipinski definition) is 3. The molecule has 0 saturated carbocycles. The Kier molecular flexibility index (Phi) is 9.01. The second-order valence-electron chi connectivity index (χ2n) is 7.62. The summed E-state index contributed by atoms with van der Waals surface area (Å²) >= 11 is 1.90. The monoisotopic (exact) mass is 612 g/mol. The SMILES string of the molecule is COCCNC(=O)C1CCCN(S(=O)(=O)Nc2ccc(F)c(F)c2Nc2ccc(I)cc2F)C1. The summed E-state index contributed by atoms with van der Waals surface area (Å²) < 4.78 is 77.7. The first-order chi connectivity index (χ1) is 16.1. The maximum Gasteiger partial charge on any atom is 0.301 e. The number of ether oxygens (including phenoxy) is 1. The van der Waals surface area contributed by atoms with E-state index in [0.717, 1.165) is 16.4 Å². The lowest BCUT2D eigenvalue weighted by Gasteiger charge is -2.31. The highest BCUT2D eigenvalue weighted by molar-refractivity contribution is 14.1. The van der Waals surface area contributed by atoms with E-state index in [1.54, 1.807) is 6.07 Å². The number of carbonyl (C=O) groups is 1. The van der Waals surface area contributed by atoms with Crippen LogP contribution in [0.2, 0.25) is 0 Å². The van der Waals surface area contributed by atoms with Gasteiger partial charge in [0.15, 0.2) is 11.6 Å². The molecule has 0 radical (unpaired) electrons. The van der Waals surface area contributed by atoms with Gasteiger partial charge in [-0.25, -0.2) is 13.2 Å². The van der Waals surface area contributed by atoms with E-state index in [0.29, 0.717) is 29.6 Å². The molecule has 1 fully saturated rings. The topological polar surface area (TPSA) is 99.8 Å². The summed E-state index contributed by atoms with van der Waals surface area (Å²) in [5.74, 6) is -4.18. The number of piperidine rings is 1. The minimum absolute atomic E-state index is 0.0770. The maximum absolute atomic E-state index is 14.6. The van der Waals surface area contributed by atoms with Gasteiger partial charge < -0.3 is 15.4 Å². The Labute approximate surface area is 209 Å². The smallest absolute Gasteiger partial charge is 0.301 e. The molecule has 8 nitrogen and oxygen atoms in total. The summed E-state index contributed by atoms with van der Waals surface area (Å²) in [4.78, 5) is 12.4. The Bertz CT molecular complexity index is 1150. The summed E-state index contributed by atoms with van der Waals surface area (Å²) in [6.07, 6.45) is 0.953. The Morgan fingerprint density at radius 1 is 1.18 bits per heavy atom. The average molecular weight is 612 g/mol. The second kappa shape index (κ2) is 11.6. The van der Waals surface area contributed by atoms with Crippen molar-refractivity contribution < 1.29 is 31.1 Å². The molecule has 1 aliphatic heterocycles. The van der Waals surface area contributed by atoms with E-state index in [-0.39, 0.29) is 30.4 Å². The standard InChI is InChI=1S/C21H24F3IN4O4S/c1-33-10-8-26-21(30)13-3-2-9-29(12-13)34(31,32)28-18-7-5-15(22)19(24)20(18)27-17-6-4-14(25)11-16(17)23/h4-7,11,13,27-28H,2-3,8-10,12H2,1H3,(H,26,30). The summed E-state index contributed by atoms with van der Waals surface area (Å²) in [6.45, 7) is 0.701. The lowest BCUT2D eigenvalue weighted by atomic mass is 9.99. The fraction of sp³-hybridized carbons (Fsp3) is 0.381. The predicted molar refractivity (Wildman–Crippen MR) is 130 cm³/mol. The molecule has 13 heteroatoms. The number of amides is 1. The molecule has 2 aromatic rings. The van der Waals surface area contributed by atoms with Crippen LogP contribution in [0.4, 0.5) is 30.2 Å². The van der Waals surface area contributed by atoms with Gasteiger partial charge in [-0.2, -0.15) is 12.7 Å². The van der Waals surface area contributed by atoms with Crippen LogP contribution in [0.3, 0.4) is 0 Å². The molecule has 1 unspecified atom stereocenters. The van der Waals surface area contributed by atoms with Crippen molar-refractivity contribution in [3.05, 3.63) is 51.4 Å². The number of methoxy groups -OCH3 is 1. The highest BCUT2D eigenvalue weighted by atomic mass is 127. The van der Waals surface area contributed by atoms with Gasteiger partial charge in [0.05, 0.1) is 23.9 Å². The summed E-state index contributed by atoms with van der Waals surface area (Å²) in [5, 5.41) is 5.13. The van der Waals surface area contributed by atoms with Gasteiger partial charge in [-0.15, -0.1) is 0 Å². The van der Waals surface area contributed by atoms with Crippen LogP contribution in [-0.2, 0) is 19.7 Å². The number of benzene rings is 2. The van der Waals surface area contributed by atoms with E-state index in [9.17, 15) is 26.4 Å². The van der Waals surface area contributed by atoms with Crippen LogP contribution < -0.4 is 15.4 Å². The normalized spacial score (nSPS) is 16.8. The van der Waals surface area contributed by atoms with Crippen LogP contribution in [0.1, 0.15) is 12.8 Å². The third kappa shape index (κ3) is 6.52. The van der Waals surface area contributed by atoms with Gasteiger partial charge in [-0.3, -0.25) is 9.52 Å². The van der Waals surface area contributed by atoms with Crippen LogP contribution in [0.5, 0.6) is 0 Å². The first-order valence-electron chi connectivity index (χ1n) is 10.4. The van der Waals surface area contributed by atoms with Gasteiger partial charge >= 0.3 is 10.2 Å². The van der Waals surface area contributed by atoms with Gasteiger partial charge in [0.1, 0.15) is 11.5 Å². The first kappa shape index (κ1) is 26.5. The van der Waals surface area contributed by atoms with Gasteiger partial charge in [0.2, 0.25) is 5.91 Å². The molecule has 3 rings (SSSR count). The molecule has 0 aliphatic carbocycles. The van der Waals surface area contributed by atoms with Crippen LogP contribution >= 0.6 is 22.6 Å². The van der Waals surface area contributed by atoms with Crippen LogP contribution in [-0.4, -0.2) is 52.0 Å². The van der Waals surface area contributed by atoms with Gasteiger partial charge in [-0.05, 0) is 65.8 Å². The predicted octanol–water partition coefficient (Wildman–Crippen LogP) is 3.58. The number of nitrogens with zero attached hydrogens (tertiary/aromatic N) is 1. The lowest BCUT2D eigenvalue weighted by molar-refractivity contribution is -0.126. The first-order valence-corrected chi connectivity index (χ1v) is 12.9. The molecule has 0 bridgehead atoms. The van der Waals surface area contributed by atoms with Crippen molar-refractivity contribution in [3.8, 4) is 0 Å². The number of nitrogens with one attached hydrogen (secondary N) is 3. The third-order valence-corrected chi connectivity index (χ3v) is 7.39.